The molecule has 0 saturated carbocycles. The molecule has 1 aliphatic heterocycles. The predicted octanol–water partition coefficient (Wildman–Crippen LogP) is -1.13. The van der Waals surface area contributed by atoms with Gasteiger partial charge in [-0.15, -0.1) is 0 Å². The molecule has 10 heteroatoms. The van der Waals surface area contributed by atoms with Gasteiger partial charge in [-0.1, -0.05) is 0 Å². The lowest BCUT2D eigenvalue weighted by Gasteiger charge is -2.31. The molecule has 1 saturated heterocycles. The van der Waals surface area contributed by atoms with E-state index in [9.17, 15) is 16.8 Å². The number of rotatable bonds is 2. The minimum atomic E-state index is -3.79. The van der Waals surface area contributed by atoms with Crippen molar-refractivity contribution in [3.8, 4) is 0 Å². The van der Waals surface area contributed by atoms with Crippen LogP contribution in [0.2, 0.25) is 0 Å². The molecule has 0 aliphatic carbocycles. The molecule has 2 N–H and O–H groups in total. The average Bonchev–Trinajstić information content (AvgIpc) is 2.27. The van der Waals surface area contributed by atoms with E-state index in [4.69, 9.17) is 5.73 Å². The number of nitrogen functional groups attached to an aromatic ring is 1. The summed E-state index contributed by atoms with van der Waals surface area (Å²) < 4.78 is 48.7. The first-order chi connectivity index (χ1) is 8.72. The fourth-order valence-electron chi connectivity index (χ4n) is 1.94. The third kappa shape index (κ3) is 2.85. The van der Waals surface area contributed by atoms with Crippen LogP contribution in [0.1, 0.15) is 6.92 Å². The molecular formula is C9H14N4O4S2. The van der Waals surface area contributed by atoms with Gasteiger partial charge in [0.05, 0.1) is 23.9 Å². The molecule has 2 rings (SSSR count). The van der Waals surface area contributed by atoms with Crippen LogP contribution in [0.3, 0.4) is 0 Å². The van der Waals surface area contributed by atoms with Gasteiger partial charge < -0.3 is 5.73 Å². The van der Waals surface area contributed by atoms with E-state index >= 15 is 0 Å². The fraction of sp³-hybridized carbons (Fsp3) is 0.556. The maximum Gasteiger partial charge on any atom is 0.246 e. The highest BCUT2D eigenvalue weighted by Gasteiger charge is 2.36. The molecule has 1 aromatic rings. The van der Waals surface area contributed by atoms with Gasteiger partial charge in [-0.25, -0.2) is 26.8 Å². The molecular weight excluding hydrogens is 292 g/mol. The second-order valence-electron chi connectivity index (χ2n) is 4.36. The molecule has 1 aliphatic rings. The van der Waals surface area contributed by atoms with Gasteiger partial charge in [0.2, 0.25) is 16.0 Å². The Balaban J connectivity index is 2.33. The molecule has 1 atom stereocenters. The summed E-state index contributed by atoms with van der Waals surface area (Å²) in [5.74, 6) is -0.373. The lowest BCUT2D eigenvalue weighted by Crippen LogP contribution is -2.49. The van der Waals surface area contributed by atoms with Crippen LogP contribution in [0.5, 0.6) is 0 Å². The van der Waals surface area contributed by atoms with Gasteiger partial charge in [0.1, 0.15) is 4.90 Å². The second-order valence-corrected chi connectivity index (χ2v) is 8.48. The molecule has 19 heavy (non-hydrogen) atoms. The zero-order valence-electron chi connectivity index (χ0n) is 10.2. The summed E-state index contributed by atoms with van der Waals surface area (Å²) in [6.45, 7) is 1.50. The smallest absolute Gasteiger partial charge is 0.246 e. The van der Waals surface area contributed by atoms with Crippen molar-refractivity contribution in [2.45, 2.75) is 17.9 Å². The number of nitrogens with zero attached hydrogens (tertiary/aromatic N) is 3. The van der Waals surface area contributed by atoms with Crippen molar-refractivity contribution in [2.24, 2.45) is 0 Å². The van der Waals surface area contributed by atoms with Crippen molar-refractivity contribution in [2.75, 3.05) is 23.8 Å². The van der Waals surface area contributed by atoms with Crippen LogP contribution in [0.25, 0.3) is 0 Å². The van der Waals surface area contributed by atoms with Crippen molar-refractivity contribution < 1.29 is 16.8 Å². The minimum absolute atomic E-state index is 0.0202. The SMILES string of the molecule is CC1CS(=O)(=O)CCN1S(=O)(=O)c1cnc(N)nc1. The molecule has 0 amide bonds. The van der Waals surface area contributed by atoms with Crippen molar-refractivity contribution in [1.82, 2.24) is 14.3 Å². The van der Waals surface area contributed by atoms with E-state index in [1.165, 1.54) is 0 Å². The topological polar surface area (TPSA) is 123 Å². The van der Waals surface area contributed by atoms with Crippen molar-refractivity contribution in [1.29, 1.82) is 0 Å². The van der Waals surface area contributed by atoms with Crippen molar-refractivity contribution >= 4 is 25.8 Å². The molecule has 0 spiro atoms. The van der Waals surface area contributed by atoms with E-state index in [-0.39, 0.29) is 28.9 Å². The normalized spacial score (nSPS) is 24.2. The van der Waals surface area contributed by atoms with E-state index in [2.05, 4.69) is 9.97 Å². The molecule has 2 heterocycles. The maximum absolute atomic E-state index is 12.3. The van der Waals surface area contributed by atoms with E-state index in [0.717, 1.165) is 16.7 Å². The standard InChI is InChI=1S/C9H14N4O4S2/c1-7-6-18(14,15)3-2-13(7)19(16,17)8-4-11-9(10)12-5-8/h4-5,7H,2-3,6H2,1H3,(H2,10,11,12). The predicted molar refractivity (Wildman–Crippen MR) is 68.5 cm³/mol. The summed E-state index contributed by atoms with van der Waals surface area (Å²) in [6.07, 6.45) is 2.24. The molecule has 1 unspecified atom stereocenters. The van der Waals surface area contributed by atoms with E-state index in [1.54, 1.807) is 6.92 Å². The fourth-order valence-corrected chi connectivity index (χ4v) is 5.22. The maximum atomic E-state index is 12.3. The van der Waals surface area contributed by atoms with Crippen LogP contribution in [-0.2, 0) is 19.9 Å². The Bertz CT molecular complexity index is 669. The Labute approximate surface area is 111 Å². The average molecular weight is 306 g/mol. The monoisotopic (exact) mass is 306 g/mol. The molecule has 1 aromatic heterocycles. The number of aromatic nitrogens is 2. The third-order valence-electron chi connectivity index (χ3n) is 2.86. The first-order valence-electron chi connectivity index (χ1n) is 5.52. The molecule has 106 valence electrons. The molecule has 0 aromatic carbocycles. The Hall–Kier alpha value is -1.26. The lowest BCUT2D eigenvalue weighted by atomic mass is 10.4. The largest absolute Gasteiger partial charge is 0.368 e. The Kier molecular flexibility index (Phi) is 3.49. The number of hydrogen-bond acceptors (Lipinski definition) is 7. The van der Waals surface area contributed by atoms with Crippen LogP contribution >= 0.6 is 0 Å². The Morgan fingerprint density at radius 2 is 1.95 bits per heavy atom. The summed E-state index contributed by atoms with van der Waals surface area (Å²) in [4.78, 5) is 7.18. The van der Waals surface area contributed by atoms with Gasteiger partial charge in [0, 0.05) is 12.6 Å². The summed E-state index contributed by atoms with van der Waals surface area (Å²) >= 11 is 0. The molecule has 0 radical (unpaired) electrons. The first kappa shape index (κ1) is 14.2. The van der Waals surface area contributed by atoms with E-state index in [0.29, 0.717) is 0 Å². The highest BCUT2D eigenvalue weighted by Crippen LogP contribution is 2.21. The van der Waals surface area contributed by atoms with E-state index in [1.807, 2.05) is 0 Å². The van der Waals surface area contributed by atoms with Crippen LogP contribution in [0.15, 0.2) is 17.3 Å². The summed E-state index contributed by atoms with van der Waals surface area (Å²) in [5, 5.41) is 0. The van der Waals surface area contributed by atoms with E-state index < -0.39 is 25.9 Å². The van der Waals surface area contributed by atoms with Gasteiger partial charge in [-0.3, -0.25) is 0 Å². The number of hydrogen-bond donors (Lipinski definition) is 1. The van der Waals surface area contributed by atoms with Crippen molar-refractivity contribution in [3.63, 3.8) is 0 Å². The first-order valence-corrected chi connectivity index (χ1v) is 8.78. The highest BCUT2D eigenvalue weighted by molar-refractivity contribution is 7.92. The van der Waals surface area contributed by atoms with Gasteiger partial charge in [0.25, 0.3) is 0 Å². The van der Waals surface area contributed by atoms with Gasteiger partial charge in [-0.2, -0.15) is 4.31 Å². The summed E-state index contributed by atoms with van der Waals surface area (Å²) in [7, 11) is -6.96. The van der Waals surface area contributed by atoms with Crippen LogP contribution in [0.4, 0.5) is 5.95 Å². The minimum Gasteiger partial charge on any atom is -0.368 e. The summed E-state index contributed by atoms with van der Waals surface area (Å²) in [5.41, 5.74) is 5.30. The number of anilines is 1. The quantitative estimate of drug-likeness (QED) is 0.733. The number of nitrogens with two attached hydrogens (primary N) is 1. The van der Waals surface area contributed by atoms with Crippen LogP contribution in [-0.4, -0.2) is 55.2 Å². The number of sulfone groups is 1. The molecule has 1 fully saturated rings. The number of sulfonamides is 1. The Morgan fingerprint density at radius 3 is 2.47 bits per heavy atom. The third-order valence-corrected chi connectivity index (χ3v) is 6.63. The Morgan fingerprint density at radius 1 is 1.37 bits per heavy atom. The molecule has 8 nitrogen and oxygen atoms in total. The zero-order valence-corrected chi connectivity index (χ0v) is 11.9. The zero-order chi connectivity index (χ0) is 14.3. The van der Waals surface area contributed by atoms with Crippen LogP contribution in [0, 0.1) is 0 Å². The molecule has 0 bridgehead atoms. The van der Waals surface area contributed by atoms with Crippen molar-refractivity contribution in [3.05, 3.63) is 12.4 Å². The highest BCUT2D eigenvalue weighted by atomic mass is 32.2. The van der Waals surface area contributed by atoms with Gasteiger partial charge in [0.15, 0.2) is 9.84 Å². The summed E-state index contributed by atoms with van der Waals surface area (Å²) in [6, 6.07) is -0.610. The van der Waals surface area contributed by atoms with Gasteiger partial charge in [-0.05, 0) is 6.92 Å². The second kappa shape index (κ2) is 4.69. The van der Waals surface area contributed by atoms with Gasteiger partial charge >= 0.3 is 0 Å². The lowest BCUT2D eigenvalue weighted by molar-refractivity contribution is 0.356. The van der Waals surface area contributed by atoms with Crippen LogP contribution < -0.4 is 5.73 Å².